The molecule has 1 N–H and O–H groups in total. The summed E-state index contributed by atoms with van der Waals surface area (Å²) in [5.41, 5.74) is 1.79. The number of nitrogens with one attached hydrogen (secondary N) is 1. The van der Waals surface area contributed by atoms with Gasteiger partial charge in [0.2, 0.25) is 0 Å². The van der Waals surface area contributed by atoms with E-state index in [1.54, 1.807) is 4.90 Å². The van der Waals surface area contributed by atoms with E-state index in [-0.39, 0.29) is 12.1 Å². The Kier molecular flexibility index (Phi) is 4.49. The molecule has 0 radical (unpaired) electrons. The summed E-state index contributed by atoms with van der Waals surface area (Å²) in [5, 5.41) is 5.39. The normalized spacial score (nSPS) is 18.9. The number of fused-ring (bicyclic) bond motifs is 1. The fraction of sp³-hybridized carbons (Fsp3) is 0.500. The van der Waals surface area contributed by atoms with Crippen LogP contribution in [0.5, 0.6) is 0 Å². The topological polar surface area (TPSA) is 46.5 Å². The lowest BCUT2D eigenvalue weighted by Gasteiger charge is -2.34. The molecule has 1 aliphatic heterocycles. The summed E-state index contributed by atoms with van der Waals surface area (Å²) < 4.78 is 7.58. The Bertz CT molecular complexity index is 763. The number of nitrogens with zero attached hydrogens (tertiary/aromatic N) is 2. The second-order valence-corrected chi connectivity index (χ2v) is 7.73. The molecule has 1 aliphatic rings. The number of rotatable bonds is 1. The number of ether oxygens (including phenoxy) is 1. The van der Waals surface area contributed by atoms with Crippen molar-refractivity contribution in [3.63, 3.8) is 0 Å². The zero-order chi connectivity index (χ0) is 17.5. The van der Waals surface area contributed by atoms with Crippen molar-refractivity contribution < 1.29 is 9.53 Å². The average Bonchev–Trinajstić information content (AvgIpc) is 2.82. The van der Waals surface area contributed by atoms with Gasteiger partial charge in [0.25, 0.3) is 0 Å². The molecular formula is C18H24ClN3O2. The molecule has 1 aromatic carbocycles. The van der Waals surface area contributed by atoms with Crippen LogP contribution in [-0.4, -0.2) is 40.8 Å². The highest BCUT2D eigenvalue weighted by Gasteiger charge is 2.29. The van der Waals surface area contributed by atoms with Gasteiger partial charge in [-0.25, -0.2) is 4.79 Å². The number of benzene rings is 1. The maximum absolute atomic E-state index is 12.4. The monoisotopic (exact) mass is 349 g/mol. The maximum Gasteiger partial charge on any atom is 0.410 e. The van der Waals surface area contributed by atoms with Crippen LogP contribution in [0.4, 0.5) is 4.79 Å². The van der Waals surface area contributed by atoms with E-state index in [9.17, 15) is 4.79 Å². The van der Waals surface area contributed by atoms with Gasteiger partial charge in [0, 0.05) is 48.8 Å². The van der Waals surface area contributed by atoms with Crippen LogP contribution in [0.3, 0.4) is 0 Å². The Morgan fingerprint density at radius 3 is 2.83 bits per heavy atom. The first-order valence-corrected chi connectivity index (χ1v) is 8.58. The van der Waals surface area contributed by atoms with E-state index >= 15 is 0 Å². The van der Waals surface area contributed by atoms with Crippen molar-refractivity contribution in [3.8, 4) is 0 Å². The van der Waals surface area contributed by atoms with E-state index in [2.05, 4.69) is 16.1 Å². The standard InChI is InChI=1S/C18H24ClN3O2/c1-18(2,3)24-17(23)22-8-7-20-15(11-22)14-10-21(4)16-9-12(19)5-6-13(14)16/h5-6,9-10,15,20H,7-8,11H2,1-4H3. The second-order valence-electron chi connectivity index (χ2n) is 7.29. The molecule has 1 unspecified atom stereocenters. The van der Waals surface area contributed by atoms with E-state index in [1.165, 1.54) is 5.56 Å². The molecule has 2 heterocycles. The van der Waals surface area contributed by atoms with Gasteiger partial charge in [-0.2, -0.15) is 0 Å². The van der Waals surface area contributed by atoms with Crippen molar-refractivity contribution in [2.24, 2.45) is 7.05 Å². The molecule has 2 aromatic rings. The van der Waals surface area contributed by atoms with E-state index < -0.39 is 5.60 Å². The maximum atomic E-state index is 12.4. The highest BCUT2D eigenvalue weighted by Crippen LogP contribution is 2.30. The average molecular weight is 350 g/mol. The largest absolute Gasteiger partial charge is 0.444 e. The number of hydrogen-bond donors (Lipinski definition) is 1. The van der Waals surface area contributed by atoms with Crippen LogP contribution in [0.2, 0.25) is 5.02 Å². The summed E-state index contributed by atoms with van der Waals surface area (Å²) in [6.45, 7) is 7.66. The van der Waals surface area contributed by atoms with Gasteiger partial charge in [0.15, 0.2) is 0 Å². The van der Waals surface area contributed by atoms with Crippen molar-refractivity contribution in [2.75, 3.05) is 19.6 Å². The van der Waals surface area contributed by atoms with Crippen LogP contribution < -0.4 is 5.32 Å². The highest BCUT2D eigenvalue weighted by molar-refractivity contribution is 6.31. The lowest BCUT2D eigenvalue weighted by Crippen LogP contribution is -2.49. The molecule has 5 nitrogen and oxygen atoms in total. The third kappa shape index (κ3) is 3.52. The van der Waals surface area contributed by atoms with Crippen LogP contribution in [0, 0.1) is 0 Å². The van der Waals surface area contributed by atoms with Crippen molar-refractivity contribution in [2.45, 2.75) is 32.4 Å². The number of carbonyl (C=O) groups is 1. The van der Waals surface area contributed by atoms with Gasteiger partial charge in [0.05, 0.1) is 6.04 Å². The minimum absolute atomic E-state index is 0.0798. The SMILES string of the molecule is Cn1cc(C2CN(C(=O)OC(C)(C)C)CCN2)c2ccc(Cl)cc21. The predicted octanol–water partition coefficient (Wildman–Crippen LogP) is 3.71. The lowest BCUT2D eigenvalue weighted by atomic mass is 10.0. The summed E-state index contributed by atoms with van der Waals surface area (Å²) in [6, 6.07) is 5.99. The van der Waals surface area contributed by atoms with E-state index in [0.717, 1.165) is 22.5 Å². The highest BCUT2D eigenvalue weighted by atomic mass is 35.5. The third-order valence-electron chi connectivity index (χ3n) is 4.19. The Hall–Kier alpha value is -1.72. The zero-order valence-electron chi connectivity index (χ0n) is 14.6. The van der Waals surface area contributed by atoms with Crippen molar-refractivity contribution in [1.29, 1.82) is 0 Å². The summed E-state index contributed by atoms with van der Waals surface area (Å²) in [4.78, 5) is 14.1. The van der Waals surface area contributed by atoms with Crippen molar-refractivity contribution >= 4 is 28.6 Å². The van der Waals surface area contributed by atoms with E-state index in [4.69, 9.17) is 16.3 Å². The molecule has 1 atom stereocenters. The van der Waals surface area contributed by atoms with Crippen LogP contribution in [0.1, 0.15) is 32.4 Å². The van der Waals surface area contributed by atoms with Gasteiger partial charge in [-0.3, -0.25) is 0 Å². The third-order valence-corrected chi connectivity index (χ3v) is 4.42. The summed E-state index contributed by atoms with van der Waals surface area (Å²) in [5.74, 6) is 0. The first kappa shape index (κ1) is 17.1. The predicted molar refractivity (Wildman–Crippen MR) is 96.5 cm³/mol. The fourth-order valence-electron chi connectivity index (χ4n) is 3.12. The van der Waals surface area contributed by atoms with Gasteiger partial charge in [-0.05, 0) is 38.5 Å². The minimum Gasteiger partial charge on any atom is -0.444 e. The van der Waals surface area contributed by atoms with Gasteiger partial charge in [-0.15, -0.1) is 0 Å². The van der Waals surface area contributed by atoms with E-state index in [0.29, 0.717) is 13.1 Å². The lowest BCUT2D eigenvalue weighted by molar-refractivity contribution is 0.0195. The molecule has 1 saturated heterocycles. The molecular weight excluding hydrogens is 326 g/mol. The molecule has 1 aromatic heterocycles. The van der Waals surface area contributed by atoms with E-state index in [1.807, 2.05) is 46.0 Å². The van der Waals surface area contributed by atoms with Gasteiger partial charge < -0.3 is 19.5 Å². The molecule has 1 amide bonds. The molecule has 3 rings (SSSR count). The van der Waals surface area contributed by atoms with Crippen LogP contribution in [-0.2, 0) is 11.8 Å². The number of piperazine rings is 1. The smallest absolute Gasteiger partial charge is 0.410 e. The Labute approximate surface area is 147 Å². The molecule has 6 heteroatoms. The van der Waals surface area contributed by atoms with Crippen molar-refractivity contribution in [3.05, 3.63) is 35.0 Å². The molecule has 0 spiro atoms. The molecule has 130 valence electrons. The van der Waals surface area contributed by atoms with Crippen LogP contribution in [0.25, 0.3) is 10.9 Å². The summed E-state index contributed by atoms with van der Waals surface area (Å²) in [7, 11) is 2.01. The number of amides is 1. The van der Waals surface area contributed by atoms with Crippen LogP contribution >= 0.6 is 11.6 Å². The first-order chi connectivity index (χ1) is 11.2. The Balaban J connectivity index is 1.84. The summed E-state index contributed by atoms with van der Waals surface area (Å²) >= 11 is 6.11. The molecule has 0 aliphatic carbocycles. The Morgan fingerprint density at radius 1 is 1.38 bits per heavy atom. The number of aromatic nitrogens is 1. The molecule has 0 bridgehead atoms. The quantitative estimate of drug-likeness (QED) is 0.853. The Morgan fingerprint density at radius 2 is 2.12 bits per heavy atom. The molecule has 24 heavy (non-hydrogen) atoms. The van der Waals surface area contributed by atoms with Crippen LogP contribution in [0.15, 0.2) is 24.4 Å². The number of aryl methyl sites for hydroxylation is 1. The first-order valence-electron chi connectivity index (χ1n) is 8.20. The fourth-order valence-corrected chi connectivity index (χ4v) is 3.28. The summed E-state index contributed by atoms with van der Waals surface area (Å²) in [6.07, 6.45) is 1.86. The molecule has 1 fully saturated rings. The van der Waals surface area contributed by atoms with Crippen molar-refractivity contribution in [1.82, 2.24) is 14.8 Å². The minimum atomic E-state index is -0.479. The van der Waals surface area contributed by atoms with Gasteiger partial charge >= 0.3 is 6.09 Å². The number of carbonyl (C=O) groups excluding carboxylic acids is 1. The molecule has 0 saturated carbocycles. The number of halogens is 1. The van der Waals surface area contributed by atoms with Gasteiger partial charge in [-0.1, -0.05) is 17.7 Å². The zero-order valence-corrected chi connectivity index (χ0v) is 15.4. The number of hydrogen-bond acceptors (Lipinski definition) is 3. The van der Waals surface area contributed by atoms with Gasteiger partial charge in [0.1, 0.15) is 5.60 Å². The second kappa shape index (κ2) is 6.30.